The van der Waals surface area contributed by atoms with Gasteiger partial charge in [0, 0.05) is 67.7 Å². The van der Waals surface area contributed by atoms with E-state index < -0.39 is 5.41 Å². The number of H-pyrrole nitrogens is 1. The molecule has 1 N–H and O–H groups in total. The first kappa shape index (κ1) is 23.5. The third-order valence-electron chi connectivity index (χ3n) is 7.03. The molecule has 0 saturated carbocycles. The maximum absolute atomic E-state index is 13.5. The third kappa shape index (κ3) is 4.67. The highest BCUT2D eigenvalue weighted by Crippen LogP contribution is 2.31. The predicted molar refractivity (Wildman–Crippen MR) is 138 cm³/mol. The lowest BCUT2D eigenvalue weighted by Gasteiger charge is -2.32. The van der Waals surface area contributed by atoms with Gasteiger partial charge in [-0.05, 0) is 38.1 Å². The van der Waals surface area contributed by atoms with Crippen LogP contribution in [0.5, 0.6) is 0 Å². The van der Waals surface area contributed by atoms with Crippen LogP contribution in [0.3, 0.4) is 0 Å². The number of nitrogens with zero attached hydrogens (tertiary/aromatic N) is 5. The smallest absolute Gasteiger partial charge is 0.254 e. The average Bonchev–Trinajstić information content (AvgIpc) is 3.53. The molecule has 184 valence electrons. The van der Waals surface area contributed by atoms with Crippen molar-refractivity contribution in [1.82, 2.24) is 24.8 Å². The van der Waals surface area contributed by atoms with Crippen molar-refractivity contribution >= 4 is 28.5 Å². The van der Waals surface area contributed by atoms with E-state index in [9.17, 15) is 9.59 Å². The van der Waals surface area contributed by atoms with Crippen LogP contribution in [0.2, 0.25) is 0 Å². The number of hydrogen-bond donors (Lipinski definition) is 1. The summed E-state index contributed by atoms with van der Waals surface area (Å²) < 4.78 is 0. The van der Waals surface area contributed by atoms with Crippen molar-refractivity contribution in [3.63, 3.8) is 0 Å². The molecule has 8 heteroatoms. The van der Waals surface area contributed by atoms with Crippen LogP contribution in [-0.2, 0) is 0 Å². The van der Waals surface area contributed by atoms with Crippen molar-refractivity contribution in [3.8, 4) is 11.3 Å². The zero-order valence-corrected chi connectivity index (χ0v) is 21.1. The molecule has 0 radical (unpaired) electrons. The fourth-order valence-electron chi connectivity index (χ4n) is 4.84. The molecule has 0 aliphatic carbocycles. The van der Waals surface area contributed by atoms with Crippen molar-refractivity contribution in [2.24, 2.45) is 5.41 Å². The van der Waals surface area contributed by atoms with Crippen LogP contribution < -0.4 is 4.90 Å². The Morgan fingerprint density at radius 2 is 1.69 bits per heavy atom. The number of ketones is 1. The van der Waals surface area contributed by atoms with Crippen molar-refractivity contribution < 1.29 is 9.59 Å². The molecule has 0 spiro atoms. The van der Waals surface area contributed by atoms with E-state index in [-0.39, 0.29) is 11.7 Å². The van der Waals surface area contributed by atoms with Gasteiger partial charge in [-0.25, -0.2) is 9.97 Å². The second-order valence-electron chi connectivity index (χ2n) is 10.8. The number of amides is 1. The van der Waals surface area contributed by atoms with Crippen molar-refractivity contribution in [3.05, 3.63) is 41.7 Å². The first-order chi connectivity index (χ1) is 16.7. The number of likely N-dealkylation sites (N-methyl/N-ethyl adjacent to an activating group) is 1. The van der Waals surface area contributed by atoms with Gasteiger partial charge < -0.3 is 19.7 Å². The number of carbonyl (C=O) groups is 2. The third-order valence-corrected chi connectivity index (χ3v) is 7.03. The van der Waals surface area contributed by atoms with Crippen LogP contribution >= 0.6 is 0 Å². The summed E-state index contributed by atoms with van der Waals surface area (Å²) in [6.45, 7) is 10.9. The van der Waals surface area contributed by atoms with E-state index in [1.807, 2.05) is 37.8 Å². The number of Topliss-reactive ketones (excluding diaryl/α,β-unsaturated/α-hetero) is 1. The molecule has 2 aliphatic heterocycles. The maximum Gasteiger partial charge on any atom is 0.254 e. The fraction of sp³-hybridized carbons (Fsp3) is 0.481. The molecule has 2 aliphatic rings. The minimum atomic E-state index is -0.523. The number of anilines is 1. The van der Waals surface area contributed by atoms with E-state index in [1.54, 1.807) is 12.4 Å². The molecule has 5 rings (SSSR count). The molecule has 2 saturated heterocycles. The number of aromatic nitrogens is 3. The van der Waals surface area contributed by atoms with E-state index >= 15 is 0 Å². The van der Waals surface area contributed by atoms with Gasteiger partial charge in [0.05, 0.1) is 17.5 Å². The van der Waals surface area contributed by atoms with Gasteiger partial charge >= 0.3 is 0 Å². The van der Waals surface area contributed by atoms with Crippen LogP contribution in [-0.4, -0.2) is 82.8 Å². The molecule has 1 aromatic carbocycles. The van der Waals surface area contributed by atoms with Crippen LogP contribution in [0.15, 0.2) is 30.6 Å². The number of nitrogens with one attached hydrogen (secondary N) is 1. The summed E-state index contributed by atoms with van der Waals surface area (Å²) in [5.74, 6) is 0.0756. The number of rotatable bonds is 4. The summed E-state index contributed by atoms with van der Waals surface area (Å²) >= 11 is 0. The van der Waals surface area contributed by atoms with E-state index in [0.29, 0.717) is 28.0 Å². The molecule has 35 heavy (non-hydrogen) atoms. The molecule has 2 aromatic heterocycles. The Morgan fingerprint density at radius 1 is 0.971 bits per heavy atom. The summed E-state index contributed by atoms with van der Waals surface area (Å²) in [6, 6.07) is 6.04. The molecular weight excluding hydrogens is 440 g/mol. The minimum absolute atomic E-state index is 0.0203. The zero-order valence-electron chi connectivity index (χ0n) is 21.1. The van der Waals surface area contributed by atoms with E-state index in [2.05, 4.69) is 32.9 Å². The Labute approximate surface area is 206 Å². The molecular formula is C27H34N6O2. The number of carbonyl (C=O) groups excluding carboxylic acids is 2. The largest absolute Gasteiger partial charge is 0.371 e. The highest BCUT2D eigenvalue weighted by molar-refractivity contribution is 6.08. The first-order valence-electron chi connectivity index (χ1n) is 12.5. The van der Waals surface area contributed by atoms with Gasteiger partial charge in [-0.15, -0.1) is 0 Å². The summed E-state index contributed by atoms with van der Waals surface area (Å²) in [5, 5.41) is 0. The van der Waals surface area contributed by atoms with Gasteiger partial charge in [-0.3, -0.25) is 9.59 Å². The lowest BCUT2D eigenvalue weighted by Crippen LogP contribution is -2.47. The normalized spacial score (nSPS) is 17.4. The number of piperazine rings is 1. The first-order valence-corrected chi connectivity index (χ1v) is 12.5. The molecule has 1 amide bonds. The second kappa shape index (κ2) is 9.07. The summed E-state index contributed by atoms with van der Waals surface area (Å²) in [7, 11) is 2.09. The van der Waals surface area contributed by atoms with Gasteiger partial charge in [0.25, 0.3) is 5.91 Å². The number of hydrogen-bond acceptors (Lipinski definition) is 6. The molecule has 4 heterocycles. The Hall–Kier alpha value is -3.26. The van der Waals surface area contributed by atoms with Gasteiger partial charge in [-0.1, -0.05) is 20.8 Å². The quantitative estimate of drug-likeness (QED) is 0.579. The summed E-state index contributed by atoms with van der Waals surface area (Å²) in [4.78, 5) is 45.5. The zero-order chi connectivity index (χ0) is 24.7. The summed E-state index contributed by atoms with van der Waals surface area (Å²) in [5.41, 5.74) is 4.41. The van der Waals surface area contributed by atoms with Crippen molar-refractivity contribution in [2.75, 3.05) is 51.2 Å². The second-order valence-corrected chi connectivity index (χ2v) is 10.8. The summed E-state index contributed by atoms with van der Waals surface area (Å²) in [6.07, 6.45) is 5.72. The SMILES string of the molecule is CN1CCN(C(=O)c2cc(-c3cnc4[nH]cc(C(=O)C(C)(C)C)c4n3)cc(N3CCCC3)c2)CC1. The van der Waals surface area contributed by atoms with E-state index in [0.717, 1.165) is 63.4 Å². The fourth-order valence-corrected chi connectivity index (χ4v) is 4.84. The predicted octanol–water partition coefficient (Wildman–Crippen LogP) is 3.84. The monoisotopic (exact) mass is 474 g/mol. The van der Waals surface area contributed by atoms with Gasteiger partial charge in [-0.2, -0.15) is 0 Å². The lowest BCUT2D eigenvalue weighted by molar-refractivity contribution is 0.0664. The average molecular weight is 475 g/mol. The molecule has 3 aromatic rings. The standard InChI is InChI=1S/C27H34N6O2/c1-27(2,3)24(34)21-16-28-25-23(21)30-22(17-29-25)18-13-19(15-20(14-18)32-7-5-6-8-32)26(35)33-11-9-31(4)10-12-33/h13-17H,5-12H2,1-4H3,(H,28,29). The topological polar surface area (TPSA) is 85.4 Å². The maximum atomic E-state index is 13.5. The van der Waals surface area contributed by atoms with Crippen molar-refractivity contribution in [1.29, 1.82) is 0 Å². The Balaban J connectivity index is 1.57. The number of aromatic amines is 1. The lowest BCUT2D eigenvalue weighted by atomic mass is 9.87. The highest BCUT2D eigenvalue weighted by atomic mass is 16.2. The van der Waals surface area contributed by atoms with Crippen LogP contribution in [0.25, 0.3) is 22.4 Å². The molecule has 8 nitrogen and oxygen atoms in total. The van der Waals surface area contributed by atoms with Crippen LogP contribution in [0.1, 0.15) is 54.3 Å². The van der Waals surface area contributed by atoms with E-state index in [1.165, 1.54) is 0 Å². The number of fused-ring (bicyclic) bond motifs is 1. The minimum Gasteiger partial charge on any atom is -0.371 e. The molecule has 0 bridgehead atoms. The van der Waals surface area contributed by atoms with Crippen molar-refractivity contribution in [2.45, 2.75) is 33.6 Å². The van der Waals surface area contributed by atoms with Crippen LogP contribution in [0.4, 0.5) is 5.69 Å². The van der Waals surface area contributed by atoms with Gasteiger partial charge in [0.2, 0.25) is 0 Å². The molecule has 2 fully saturated rings. The highest BCUT2D eigenvalue weighted by Gasteiger charge is 2.27. The Bertz CT molecular complexity index is 1260. The Morgan fingerprint density at radius 3 is 2.37 bits per heavy atom. The van der Waals surface area contributed by atoms with Gasteiger partial charge in [0.15, 0.2) is 11.4 Å². The van der Waals surface area contributed by atoms with Crippen LogP contribution in [0, 0.1) is 5.41 Å². The Kier molecular flexibility index (Phi) is 6.09. The molecule has 0 unspecified atom stereocenters. The van der Waals surface area contributed by atoms with E-state index in [4.69, 9.17) is 4.98 Å². The van der Waals surface area contributed by atoms with Gasteiger partial charge in [0.1, 0.15) is 5.52 Å². The number of benzene rings is 1. The molecule has 0 atom stereocenters.